The standard InChI is InChI=1S/C22H21F4N9OS/c1-3-28-15-9-29-20(35-7-6-13(23)10-35)31-16(15)17(27)30-14-8-12(5-4-11(14)2)18(36)32-21-34-33-19(37-21)22(24,25)26/h3-5,8-9,13,28H,1,6-7,10H2,2H3,(H2,27,30)(H,32,34,36)/t13-/m0/s1. The van der Waals surface area contributed by atoms with E-state index in [1.165, 1.54) is 24.5 Å². The molecule has 194 valence electrons. The van der Waals surface area contributed by atoms with E-state index < -0.39 is 23.3 Å². The highest BCUT2D eigenvalue weighted by Crippen LogP contribution is 2.33. The number of carbonyl (C=O) groups excluding carboxylic acids is 1. The first-order valence-electron chi connectivity index (χ1n) is 10.9. The summed E-state index contributed by atoms with van der Waals surface area (Å²) in [6.45, 7) is 5.99. The maximum Gasteiger partial charge on any atom is 0.445 e. The minimum Gasteiger partial charge on any atom is -0.382 e. The lowest BCUT2D eigenvalue weighted by Crippen LogP contribution is -2.25. The Morgan fingerprint density at radius 1 is 1.35 bits per heavy atom. The van der Waals surface area contributed by atoms with Gasteiger partial charge in [-0.25, -0.2) is 19.4 Å². The van der Waals surface area contributed by atoms with Crippen molar-refractivity contribution in [2.75, 3.05) is 28.6 Å². The molecule has 3 aromatic rings. The predicted octanol–water partition coefficient (Wildman–Crippen LogP) is 4.05. The van der Waals surface area contributed by atoms with Crippen LogP contribution < -0.4 is 21.3 Å². The minimum absolute atomic E-state index is 0.0106. The molecule has 0 bridgehead atoms. The van der Waals surface area contributed by atoms with E-state index in [1.54, 1.807) is 17.9 Å². The molecular formula is C22H21F4N9OS. The zero-order valence-electron chi connectivity index (χ0n) is 19.4. The molecule has 1 aliphatic rings. The molecule has 1 atom stereocenters. The lowest BCUT2D eigenvalue weighted by molar-refractivity contribution is -0.138. The molecule has 0 unspecified atom stereocenters. The van der Waals surface area contributed by atoms with Gasteiger partial charge in [0, 0.05) is 12.1 Å². The SMILES string of the molecule is C=CNc1cnc(N2CC[C@H](F)C2)nc1C(N)=Nc1cc(C(=O)Nc2nnc(C(F)(F)F)s2)ccc1C. The summed E-state index contributed by atoms with van der Waals surface area (Å²) in [5, 5.41) is 10.1. The lowest BCUT2D eigenvalue weighted by Gasteiger charge is -2.17. The van der Waals surface area contributed by atoms with Crippen LogP contribution in [-0.2, 0) is 6.18 Å². The van der Waals surface area contributed by atoms with Crippen molar-refractivity contribution in [3.05, 3.63) is 59.0 Å². The van der Waals surface area contributed by atoms with E-state index in [9.17, 15) is 22.4 Å². The Bertz CT molecular complexity index is 1360. The van der Waals surface area contributed by atoms with Crippen molar-refractivity contribution in [1.82, 2.24) is 20.2 Å². The Hall–Kier alpha value is -4.14. The summed E-state index contributed by atoms with van der Waals surface area (Å²) in [6.07, 6.45) is -2.36. The van der Waals surface area contributed by atoms with Gasteiger partial charge >= 0.3 is 6.18 Å². The van der Waals surface area contributed by atoms with E-state index in [1.807, 2.05) is 0 Å². The van der Waals surface area contributed by atoms with Crippen molar-refractivity contribution in [2.24, 2.45) is 10.7 Å². The van der Waals surface area contributed by atoms with Crippen molar-refractivity contribution < 1.29 is 22.4 Å². The van der Waals surface area contributed by atoms with Gasteiger partial charge in [0.25, 0.3) is 5.91 Å². The predicted molar refractivity (Wildman–Crippen MR) is 132 cm³/mol. The molecule has 1 saturated heterocycles. The smallest absolute Gasteiger partial charge is 0.382 e. The molecule has 0 spiro atoms. The quantitative estimate of drug-likeness (QED) is 0.234. The number of halogens is 4. The average molecular weight is 536 g/mol. The summed E-state index contributed by atoms with van der Waals surface area (Å²) in [5.74, 6) is -0.417. The topological polar surface area (TPSA) is 134 Å². The van der Waals surface area contributed by atoms with E-state index in [0.717, 1.165) is 0 Å². The highest BCUT2D eigenvalue weighted by atomic mass is 32.1. The highest BCUT2D eigenvalue weighted by Gasteiger charge is 2.36. The first-order valence-corrected chi connectivity index (χ1v) is 11.7. The second-order valence-corrected chi connectivity index (χ2v) is 8.95. The molecule has 4 rings (SSSR count). The molecule has 1 aromatic carbocycles. The molecule has 15 heteroatoms. The number of hydrogen-bond acceptors (Lipinski definition) is 9. The van der Waals surface area contributed by atoms with Crippen molar-refractivity contribution in [3.63, 3.8) is 0 Å². The summed E-state index contributed by atoms with van der Waals surface area (Å²) in [5.41, 5.74) is 8.05. The van der Waals surface area contributed by atoms with Gasteiger partial charge in [-0.15, -0.1) is 10.2 Å². The maximum absolute atomic E-state index is 13.7. The number of nitrogens with two attached hydrogens (primary N) is 1. The van der Waals surface area contributed by atoms with Crippen molar-refractivity contribution in [2.45, 2.75) is 25.7 Å². The molecule has 3 heterocycles. The summed E-state index contributed by atoms with van der Waals surface area (Å²) in [4.78, 5) is 27.5. The van der Waals surface area contributed by atoms with Crippen LogP contribution >= 0.6 is 11.3 Å². The molecule has 0 aliphatic carbocycles. The van der Waals surface area contributed by atoms with E-state index in [4.69, 9.17) is 5.73 Å². The molecule has 37 heavy (non-hydrogen) atoms. The van der Waals surface area contributed by atoms with Crippen LogP contribution in [-0.4, -0.2) is 51.2 Å². The normalized spacial score (nSPS) is 16.1. The Morgan fingerprint density at radius 2 is 2.14 bits per heavy atom. The van der Waals surface area contributed by atoms with Gasteiger partial charge < -0.3 is 16.0 Å². The Kier molecular flexibility index (Phi) is 7.33. The molecule has 1 amide bonds. The summed E-state index contributed by atoms with van der Waals surface area (Å²) in [7, 11) is 0. The van der Waals surface area contributed by atoms with Crippen LogP contribution in [0.2, 0.25) is 0 Å². The third-order valence-electron chi connectivity index (χ3n) is 5.29. The number of carbonyl (C=O) groups is 1. The summed E-state index contributed by atoms with van der Waals surface area (Å²) in [6, 6.07) is 4.53. The van der Waals surface area contributed by atoms with Gasteiger partial charge in [0.15, 0.2) is 5.84 Å². The van der Waals surface area contributed by atoms with Gasteiger partial charge in [0.1, 0.15) is 11.9 Å². The first-order chi connectivity index (χ1) is 17.5. The van der Waals surface area contributed by atoms with Crippen LogP contribution in [0.3, 0.4) is 0 Å². The molecule has 1 aliphatic heterocycles. The summed E-state index contributed by atoms with van der Waals surface area (Å²) < 4.78 is 52.0. The van der Waals surface area contributed by atoms with Crippen LogP contribution in [0.15, 0.2) is 42.2 Å². The Labute approximate surface area is 212 Å². The lowest BCUT2D eigenvalue weighted by atomic mass is 10.1. The van der Waals surface area contributed by atoms with Crippen LogP contribution in [0.25, 0.3) is 0 Å². The number of rotatable bonds is 7. The molecule has 10 nitrogen and oxygen atoms in total. The van der Waals surface area contributed by atoms with E-state index in [2.05, 4.69) is 42.4 Å². The van der Waals surface area contributed by atoms with Gasteiger partial charge in [-0.1, -0.05) is 24.0 Å². The number of aromatic nitrogens is 4. The average Bonchev–Trinajstić information content (AvgIpc) is 3.50. The number of amidine groups is 1. The fourth-order valence-corrected chi connectivity index (χ4v) is 4.05. The van der Waals surface area contributed by atoms with Crippen LogP contribution in [0.5, 0.6) is 0 Å². The maximum atomic E-state index is 13.7. The zero-order valence-corrected chi connectivity index (χ0v) is 20.2. The van der Waals surface area contributed by atoms with E-state index >= 15 is 0 Å². The second kappa shape index (κ2) is 10.5. The number of aryl methyl sites for hydroxylation is 1. The number of benzene rings is 1. The number of anilines is 3. The fraction of sp³-hybridized carbons (Fsp3) is 0.273. The second-order valence-electron chi connectivity index (χ2n) is 7.98. The molecule has 1 fully saturated rings. The Balaban J connectivity index is 1.61. The minimum atomic E-state index is -4.66. The number of aliphatic imine (C=N–C) groups is 1. The third-order valence-corrected chi connectivity index (χ3v) is 6.17. The number of amides is 1. The molecule has 2 aromatic heterocycles. The third kappa shape index (κ3) is 5.99. The van der Waals surface area contributed by atoms with Crippen LogP contribution in [0, 0.1) is 6.92 Å². The Morgan fingerprint density at radius 3 is 2.78 bits per heavy atom. The van der Waals surface area contributed by atoms with Gasteiger partial charge in [-0.3, -0.25) is 10.1 Å². The van der Waals surface area contributed by atoms with Gasteiger partial charge in [-0.2, -0.15) is 13.2 Å². The van der Waals surface area contributed by atoms with Crippen molar-refractivity contribution in [3.8, 4) is 0 Å². The van der Waals surface area contributed by atoms with E-state index in [-0.39, 0.29) is 40.1 Å². The van der Waals surface area contributed by atoms with Gasteiger partial charge in [0.2, 0.25) is 16.1 Å². The van der Waals surface area contributed by atoms with Crippen molar-refractivity contribution in [1.29, 1.82) is 0 Å². The number of nitrogens with one attached hydrogen (secondary N) is 2. The highest BCUT2D eigenvalue weighted by molar-refractivity contribution is 7.15. The first kappa shape index (κ1) is 25.9. The van der Waals surface area contributed by atoms with Gasteiger partial charge in [0.05, 0.1) is 24.1 Å². The number of nitrogens with zero attached hydrogens (tertiary/aromatic N) is 6. The molecular weight excluding hydrogens is 514 g/mol. The summed E-state index contributed by atoms with van der Waals surface area (Å²) >= 11 is 0.213. The fourth-order valence-electron chi connectivity index (χ4n) is 3.45. The number of alkyl halides is 4. The largest absolute Gasteiger partial charge is 0.445 e. The molecule has 0 radical (unpaired) electrons. The number of hydrogen-bond donors (Lipinski definition) is 3. The van der Waals surface area contributed by atoms with Crippen molar-refractivity contribution >= 4 is 45.5 Å². The van der Waals surface area contributed by atoms with Crippen LogP contribution in [0.1, 0.15) is 33.0 Å². The molecule has 4 N–H and O–H groups in total. The van der Waals surface area contributed by atoms with E-state index in [0.29, 0.717) is 35.9 Å². The molecule has 0 saturated carbocycles. The van der Waals surface area contributed by atoms with Crippen LogP contribution in [0.4, 0.5) is 40.0 Å². The monoisotopic (exact) mass is 535 g/mol. The zero-order chi connectivity index (χ0) is 26.7. The van der Waals surface area contributed by atoms with Gasteiger partial charge in [-0.05, 0) is 37.2 Å².